The van der Waals surface area contributed by atoms with Gasteiger partial charge in [-0.25, -0.2) is 13.2 Å². The van der Waals surface area contributed by atoms with Crippen molar-refractivity contribution in [1.29, 1.82) is 0 Å². The van der Waals surface area contributed by atoms with Crippen LogP contribution in [0.4, 0.5) is 5.69 Å². The lowest BCUT2D eigenvalue weighted by Crippen LogP contribution is -2.37. The van der Waals surface area contributed by atoms with Gasteiger partial charge >= 0.3 is 5.97 Å². The number of nitro benzene ring substituents is 1. The largest absolute Gasteiger partial charge is 0.460 e. The van der Waals surface area contributed by atoms with E-state index in [9.17, 15) is 28.1 Å². The molecule has 0 aromatic heterocycles. The number of carbonyl (C=O) groups excluding carboxylic acids is 2. The Kier molecular flexibility index (Phi) is 6.66. The first-order chi connectivity index (χ1) is 12.7. The highest BCUT2D eigenvalue weighted by atomic mass is 32.2. The summed E-state index contributed by atoms with van der Waals surface area (Å²) in [5.41, 5.74) is -0.552. The minimum atomic E-state index is -3.86. The second-order valence-electron chi connectivity index (χ2n) is 6.45. The lowest BCUT2D eigenvalue weighted by molar-refractivity contribution is -0.385. The maximum absolute atomic E-state index is 12.8. The summed E-state index contributed by atoms with van der Waals surface area (Å²) in [6.07, 6.45) is 0.928. The summed E-state index contributed by atoms with van der Waals surface area (Å²) in [6, 6.07) is 3.38. The third kappa shape index (κ3) is 4.89. The minimum Gasteiger partial charge on any atom is -0.460 e. The zero-order valence-corrected chi connectivity index (χ0v) is 16.0. The van der Waals surface area contributed by atoms with E-state index in [1.165, 1.54) is 23.4 Å². The van der Waals surface area contributed by atoms with E-state index in [0.29, 0.717) is 19.0 Å². The van der Waals surface area contributed by atoms with Crippen LogP contribution in [0, 0.1) is 16.0 Å². The van der Waals surface area contributed by atoms with Gasteiger partial charge in [-0.15, -0.1) is 0 Å². The van der Waals surface area contributed by atoms with Crippen molar-refractivity contribution < 1.29 is 27.7 Å². The highest BCUT2D eigenvalue weighted by Crippen LogP contribution is 2.28. The molecule has 0 aliphatic carbocycles. The number of esters is 1. The number of hydrogen-bond acceptors (Lipinski definition) is 7. The number of Topliss-reactive ketones (excluding diaryl/α,β-unsaturated/α-hetero) is 1. The number of ether oxygens (including phenoxy) is 1. The number of rotatable bonds is 7. The monoisotopic (exact) mass is 398 g/mol. The summed E-state index contributed by atoms with van der Waals surface area (Å²) in [5.74, 6) is -1.58. The van der Waals surface area contributed by atoms with Crippen molar-refractivity contribution in [2.75, 3.05) is 19.7 Å². The van der Waals surface area contributed by atoms with Crippen LogP contribution in [0.3, 0.4) is 0 Å². The smallest absolute Gasteiger partial charge is 0.374 e. The lowest BCUT2D eigenvalue weighted by Gasteiger charge is -2.29. The number of benzene rings is 1. The maximum Gasteiger partial charge on any atom is 0.374 e. The summed E-state index contributed by atoms with van der Waals surface area (Å²) in [4.78, 5) is 33.7. The molecule has 1 heterocycles. The van der Waals surface area contributed by atoms with Crippen LogP contribution < -0.4 is 0 Å². The molecule has 0 spiro atoms. The molecule has 0 saturated carbocycles. The van der Waals surface area contributed by atoms with E-state index in [4.69, 9.17) is 0 Å². The molecule has 0 unspecified atom stereocenters. The number of hydrogen-bond donors (Lipinski definition) is 0. The fraction of sp³-hybridized carbons (Fsp3) is 0.529. The fourth-order valence-electron chi connectivity index (χ4n) is 2.85. The van der Waals surface area contributed by atoms with E-state index in [-0.39, 0.29) is 17.1 Å². The van der Waals surface area contributed by atoms with E-state index in [2.05, 4.69) is 4.74 Å². The SMILES string of the molecule is CCOC(=O)C(=O)Cc1ccc(S(=O)(=O)N2CCC(C)CC2)cc1[N+](=O)[O-]. The maximum atomic E-state index is 12.8. The van der Waals surface area contributed by atoms with Crippen molar-refractivity contribution in [1.82, 2.24) is 4.31 Å². The number of nitro groups is 1. The van der Waals surface area contributed by atoms with Crippen LogP contribution in [-0.4, -0.2) is 49.1 Å². The molecule has 1 aromatic rings. The van der Waals surface area contributed by atoms with Gasteiger partial charge in [-0.05, 0) is 31.7 Å². The van der Waals surface area contributed by atoms with Gasteiger partial charge in [-0.2, -0.15) is 4.31 Å². The first kappa shape index (κ1) is 21.0. The van der Waals surface area contributed by atoms with Crippen molar-refractivity contribution in [3.8, 4) is 0 Å². The molecule has 0 radical (unpaired) electrons. The number of piperidine rings is 1. The Hall–Kier alpha value is -2.33. The van der Waals surface area contributed by atoms with Crippen LogP contribution in [0.1, 0.15) is 32.3 Å². The minimum absolute atomic E-state index is 0.0122. The molecule has 0 bridgehead atoms. The molecule has 27 heavy (non-hydrogen) atoms. The molecule has 0 amide bonds. The lowest BCUT2D eigenvalue weighted by atomic mass is 10.0. The van der Waals surface area contributed by atoms with Crippen molar-refractivity contribution in [2.45, 2.75) is 38.0 Å². The van der Waals surface area contributed by atoms with Crippen molar-refractivity contribution in [2.24, 2.45) is 5.92 Å². The highest BCUT2D eigenvalue weighted by molar-refractivity contribution is 7.89. The molecule has 2 rings (SSSR count). The molecule has 1 saturated heterocycles. The Morgan fingerprint density at radius 2 is 1.93 bits per heavy atom. The van der Waals surface area contributed by atoms with Crippen LogP contribution in [0.15, 0.2) is 23.1 Å². The van der Waals surface area contributed by atoms with E-state index in [0.717, 1.165) is 18.9 Å². The Balaban J connectivity index is 2.30. The normalized spacial score (nSPS) is 16.1. The van der Waals surface area contributed by atoms with Gasteiger partial charge in [0.05, 0.1) is 16.4 Å². The number of ketones is 1. The van der Waals surface area contributed by atoms with Crippen LogP contribution in [0.25, 0.3) is 0 Å². The van der Waals surface area contributed by atoms with Crippen LogP contribution in [-0.2, 0) is 30.8 Å². The van der Waals surface area contributed by atoms with Gasteiger partial charge in [0.2, 0.25) is 15.8 Å². The molecule has 9 nitrogen and oxygen atoms in total. The van der Waals surface area contributed by atoms with Crippen molar-refractivity contribution in [3.05, 3.63) is 33.9 Å². The molecular formula is C17H22N2O7S. The molecule has 1 fully saturated rings. The molecule has 1 aromatic carbocycles. The third-order valence-electron chi connectivity index (χ3n) is 4.49. The fourth-order valence-corrected chi connectivity index (χ4v) is 4.34. The molecule has 1 aliphatic rings. The van der Waals surface area contributed by atoms with Gasteiger partial charge in [0.25, 0.3) is 5.69 Å². The van der Waals surface area contributed by atoms with E-state index < -0.39 is 38.8 Å². The number of carbonyl (C=O) groups is 2. The highest BCUT2D eigenvalue weighted by Gasteiger charge is 2.30. The van der Waals surface area contributed by atoms with Crippen LogP contribution in [0.5, 0.6) is 0 Å². The first-order valence-corrected chi connectivity index (χ1v) is 10.1. The first-order valence-electron chi connectivity index (χ1n) is 8.64. The summed E-state index contributed by atoms with van der Waals surface area (Å²) >= 11 is 0. The van der Waals surface area contributed by atoms with E-state index in [1.807, 2.05) is 6.92 Å². The number of nitrogens with zero attached hydrogens (tertiary/aromatic N) is 2. The Morgan fingerprint density at radius 1 is 1.30 bits per heavy atom. The van der Waals surface area contributed by atoms with E-state index in [1.54, 1.807) is 0 Å². The quantitative estimate of drug-likeness (QED) is 0.296. The molecule has 0 N–H and O–H groups in total. The second kappa shape index (κ2) is 8.57. The third-order valence-corrected chi connectivity index (χ3v) is 6.38. The van der Waals surface area contributed by atoms with Gasteiger partial charge < -0.3 is 4.74 Å². The van der Waals surface area contributed by atoms with Gasteiger partial charge in [0, 0.05) is 31.1 Å². The molecule has 1 aliphatic heterocycles. The molecule has 10 heteroatoms. The van der Waals surface area contributed by atoms with E-state index >= 15 is 0 Å². The number of sulfonamides is 1. The van der Waals surface area contributed by atoms with Gasteiger partial charge in [0.1, 0.15) is 0 Å². The summed E-state index contributed by atoms with van der Waals surface area (Å²) < 4.78 is 31.4. The Labute approximate surface area is 157 Å². The predicted octanol–water partition coefficient (Wildman–Crippen LogP) is 1.69. The predicted molar refractivity (Wildman–Crippen MR) is 95.6 cm³/mol. The van der Waals surface area contributed by atoms with Crippen LogP contribution >= 0.6 is 0 Å². The Bertz CT molecular complexity index is 843. The molecule has 148 valence electrons. The molecular weight excluding hydrogens is 376 g/mol. The standard InChI is InChI=1S/C17H22N2O7S/c1-3-26-17(21)16(20)10-13-4-5-14(11-15(13)19(22)23)27(24,25)18-8-6-12(2)7-9-18/h4-5,11-12H,3,6-10H2,1-2H3. The van der Waals surface area contributed by atoms with Gasteiger partial charge in [0.15, 0.2) is 0 Å². The summed E-state index contributed by atoms with van der Waals surface area (Å²) in [6.45, 7) is 4.32. The molecule has 0 atom stereocenters. The van der Waals surface area contributed by atoms with Crippen molar-refractivity contribution >= 4 is 27.5 Å². The van der Waals surface area contributed by atoms with Crippen molar-refractivity contribution in [3.63, 3.8) is 0 Å². The second-order valence-corrected chi connectivity index (χ2v) is 8.39. The van der Waals surface area contributed by atoms with Crippen LogP contribution in [0.2, 0.25) is 0 Å². The average molecular weight is 398 g/mol. The van der Waals surface area contributed by atoms with Gasteiger partial charge in [-0.3, -0.25) is 14.9 Å². The topological polar surface area (TPSA) is 124 Å². The summed E-state index contributed by atoms with van der Waals surface area (Å²) in [7, 11) is -3.86. The van der Waals surface area contributed by atoms with Gasteiger partial charge in [-0.1, -0.05) is 13.0 Å². The Morgan fingerprint density at radius 3 is 2.48 bits per heavy atom. The zero-order chi connectivity index (χ0) is 20.2. The summed E-state index contributed by atoms with van der Waals surface area (Å²) in [5, 5.41) is 11.4. The zero-order valence-electron chi connectivity index (χ0n) is 15.2. The average Bonchev–Trinajstić information content (AvgIpc) is 2.62.